The van der Waals surface area contributed by atoms with E-state index < -0.39 is 0 Å². The molecule has 6 bridgehead atoms. The van der Waals surface area contributed by atoms with Crippen molar-refractivity contribution in [2.24, 2.45) is 23.7 Å². The molecule has 8 fully saturated rings. The summed E-state index contributed by atoms with van der Waals surface area (Å²) in [5.74, 6) is 3.55. The van der Waals surface area contributed by atoms with Gasteiger partial charge in [-0.05, 0) is 43.4 Å². The highest BCUT2D eigenvalue weighted by atomic mass is 17.2. The van der Waals surface area contributed by atoms with E-state index in [0.29, 0.717) is 0 Å². The van der Waals surface area contributed by atoms with Gasteiger partial charge in [0.1, 0.15) is 11.2 Å². The molecule has 8 aliphatic rings. The number of fused-ring (bicyclic) bond motifs is 1. The summed E-state index contributed by atoms with van der Waals surface area (Å²) in [7, 11) is 0. The SMILES string of the molecule is C1C2C[C@@H]3C[C@H](C2)C24CC3(OO2)C14. The molecule has 0 aromatic rings. The van der Waals surface area contributed by atoms with Gasteiger partial charge in [0.15, 0.2) is 0 Å². The zero-order valence-electron chi connectivity index (χ0n) is 7.66. The van der Waals surface area contributed by atoms with E-state index in [-0.39, 0.29) is 11.2 Å². The number of rotatable bonds is 0. The van der Waals surface area contributed by atoms with Crippen LogP contribution in [0.4, 0.5) is 0 Å². The third kappa shape index (κ3) is 0.419. The van der Waals surface area contributed by atoms with Gasteiger partial charge in [0.2, 0.25) is 0 Å². The lowest BCUT2D eigenvalue weighted by Gasteiger charge is -2.68. The van der Waals surface area contributed by atoms with E-state index in [1.807, 2.05) is 0 Å². The quantitative estimate of drug-likeness (QED) is 0.527. The second-order valence-electron chi connectivity index (χ2n) is 6.01. The summed E-state index contributed by atoms with van der Waals surface area (Å²) >= 11 is 0. The van der Waals surface area contributed by atoms with Crippen molar-refractivity contribution in [1.29, 1.82) is 0 Å². The largest absolute Gasteiger partial charge is 0.229 e. The highest BCUT2D eigenvalue weighted by Gasteiger charge is 2.83. The molecule has 2 heteroatoms. The van der Waals surface area contributed by atoms with Crippen LogP contribution >= 0.6 is 0 Å². The van der Waals surface area contributed by atoms with Crippen LogP contribution in [0.15, 0.2) is 0 Å². The monoisotopic (exact) mass is 178 g/mol. The van der Waals surface area contributed by atoms with E-state index in [9.17, 15) is 0 Å². The van der Waals surface area contributed by atoms with E-state index in [0.717, 1.165) is 23.7 Å². The zero-order valence-corrected chi connectivity index (χ0v) is 7.66. The van der Waals surface area contributed by atoms with Crippen LogP contribution in [-0.4, -0.2) is 11.2 Å². The van der Waals surface area contributed by atoms with Gasteiger partial charge in [-0.15, -0.1) is 0 Å². The Morgan fingerprint density at radius 1 is 0.846 bits per heavy atom. The fourth-order valence-corrected chi connectivity index (χ4v) is 5.44. The smallest absolute Gasteiger partial charge is 0.115 e. The Hall–Kier alpha value is -0.0800. The minimum Gasteiger partial charge on any atom is -0.229 e. The summed E-state index contributed by atoms with van der Waals surface area (Å²) in [6, 6.07) is 0. The molecule has 6 aliphatic carbocycles. The first-order valence-corrected chi connectivity index (χ1v) is 5.70. The molecular formula is C11H14O2. The molecule has 2 nitrogen and oxygen atoms in total. The standard InChI is InChI=1S/C11H14O2/c1-6-2-8-4-7(1)10-5-11(8,13-12-10)9(10)3-6/h6-9H,1-5H2/t6?,7-,8+,9?,10?,11?. The van der Waals surface area contributed by atoms with Crippen LogP contribution in [0.5, 0.6) is 0 Å². The average molecular weight is 178 g/mol. The molecule has 0 radical (unpaired) electrons. The summed E-state index contributed by atoms with van der Waals surface area (Å²) in [4.78, 5) is 11.4. The van der Waals surface area contributed by atoms with Crippen molar-refractivity contribution in [3.8, 4) is 0 Å². The van der Waals surface area contributed by atoms with Crippen LogP contribution in [0.1, 0.15) is 32.1 Å². The summed E-state index contributed by atoms with van der Waals surface area (Å²) in [5.41, 5.74) is 0.459. The van der Waals surface area contributed by atoms with Crippen LogP contribution in [0.25, 0.3) is 0 Å². The molecule has 2 spiro atoms. The Morgan fingerprint density at radius 3 is 2.23 bits per heavy atom. The second-order valence-corrected chi connectivity index (χ2v) is 6.01. The summed E-state index contributed by atoms with van der Waals surface area (Å²) in [5, 5.41) is 0. The molecule has 70 valence electrons. The van der Waals surface area contributed by atoms with E-state index in [1.54, 1.807) is 0 Å². The first-order valence-electron chi connectivity index (χ1n) is 5.70. The van der Waals surface area contributed by atoms with Gasteiger partial charge in [-0.25, -0.2) is 9.78 Å². The lowest BCUT2D eigenvalue weighted by Crippen LogP contribution is -2.74. The predicted molar refractivity (Wildman–Crippen MR) is 44.7 cm³/mol. The Kier molecular flexibility index (Phi) is 0.733. The molecule has 0 amide bonds. The minimum atomic E-state index is 0.230. The molecule has 2 saturated heterocycles. The van der Waals surface area contributed by atoms with Crippen molar-refractivity contribution in [2.45, 2.75) is 43.3 Å². The number of hydrogen-bond donors (Lipinski definition) is 0. The van der Waals surface area contributed by atoms with Gasteiger partial charge < -0.3 is 0 Å². The molecule has 0 N–H and O–H groups in total. The van der Waals surface area contributed by atoms with Gasteiger partial charge in [-0.1, -0.05) is 0 Å². The molecule has 2 heterocycles. The maximum Gasteiger partial charge on any atom is 0.115 e. The highest BCUT2D eigenvalue weighted by molar-refractivity contribution is 5.29. The van der Waals surface area contributed by atoms with Gasteiger partial charge in [0.25, 0.3) is 0 Å². The molecule has 8 rings (SSSR count). The van der Waals surface area contributed by atoms with Crippen molar-refractivity contribution in [3.05, 3.63) is 0 Å². The molecule has 0 aromatic heterocycles. The number of hydrogen-bond acceptors (Lipinski definition) is 2. The van der Waals surface area contributed by atoms with Gasteiger partial charge >= 0.3 is 0 Å². The molecule has 6 saturated carbocycles. The van der Waals surface area contributed by atoms with Crippen molar-refractivity contribution < 1.29 is 9.78 Å². The van der Waals surface area contributed by atoms with Gasteiger partial charge in [-0.2, -0.15) is 0 Å². The third-order valence-electron chi connectivity index (χ3n) is 5.84. The molecule has 4 unspecified atom stereocenters. The van der Waals surface area contributed by atoms with Crippen molar-refractivity contribution in [3.63, 3.8) is 0 Å². The fraction of sp³-hybridized carbons (Fsp3) is 1.00. The van der Waals surface area contributed by atoms with Crippen LogP contribution in [0, 0.1) is 23.7 Å². The van der Waals surface area contributed by atoms with Crippen molar-refractivity contribution in [1.82, 2.24) is 0 Å². The average Bonchev–Trinajstić information content (AvgIpc) is 2.63. The minimum absolute atomic E-state index is 0.230. The molecule has 6 atom stereocenters. The molecular weight excluding hydrogens is 164 g/mol. The summed E-state index contributed by atoms with van der Waals surface area (Å²) in [6.07, 6.45) is 6.94. The van der Waals surface area contributed by atoms with Gasteiger partial charge in [0, 0.05) is 12.3 Å². The van der Waals surface area contributed by atoms with Crippen LogP contribution in [0.2, 0.25) is 0 Å². The maximum atomic E-state index is 5.69. The Bertz CT molecular complexity index is 289. The maximum absolute atomic E-state index is 5.69. The van der Waals surface area contributed by atoms with Crippen molar-refractivity contribution >= 4 is 0 Å². The first-order chi connectivity index (χ1) is 6.33. The normalized spacial score (nSPS) is 75.7. The summed E-state index contributed by atoms with van der Waals surface area (Å²) in [6.45, 7) is 0. The van der Waals surface area contributed by atoms with E-state index in [1.165, 1.54) is 32.1 Å². The topological polar surface area (TPSA) is 18.5 Å². The summed E-state index contributed by atoms with van der Waals surface area (Å²) < 4.78 is 0. The fourth-order valence-electron chi connectivity index (χ4n) is 5.44. The van der Waals surface area contributed by atoms with E-state index in [2.05, 4.69) is 0 Å². The van der Waals surface area contributed by atoms with E-state index in [4.69, 9.17) is 9.78 Å². The van der Waals surface area contributed by atoms with Crippen LogP contribution < -0.4 is 0 Å². The van der Waals surface area contributed by atoms with Gasteiger partial charge in [-0.3, -0.25) is 0 Å². The Labute approximate surface area is 77.5 Å². The van der Waals surface area contributed by atoms with Crippen molar-refractivity contribution in [2.75, 3.05) is 0 Å². The lowest BCUT2D eigenvalue weighted by atomic mass is 9.35. The zero-order chi connectivity index (χ0) is 8.26. The van der Waals surface area contributed by atoms with Gasteiger partial charge in [0.05, 0.1) is 0 Å². The van der Waals surface area contributed by atoms with Crippen LogP contribution in [-0.2, 0) is 9.78 Å². The lowest BCUT2D eigenvalue weighted by molar-refractivity contribution is -0.298. The molecule has 13 heavy (non-hydrogen) atoms. The second kappa shape index (κ2) is 1.49. The Morgan fingerprint density at radius 2 is 1.54 bits per heavy atom. The highest BCUT2D eigenvalue weighted by Crippen LogP contribution is 2.78. The first kappa shape index (κ1) is 6.41. The predicted octanol–water partition coefficient (Wildman–Crippen LogP) is 1.90. The third-order valence-corrected chi connectivity index (χ3v) is 5.84. The molecule has 0 aromatic carbocycles. The molecule has 2 aliphatic heterocycles. The van der Waals surface area contributed by atoms with Crippen LogP contribution in [0.3, 0.4) is 0 Å². The Balaban J connectivity index is 1.80. The van der Waals surface area contributed by atoms with E-state index >= 15 is 0 Å².